The molecule has 7 heteroatoms. The van der Waals surface area contributed by atoms with Gasteiger partial charge in [-0.1, -0.05) is 36.2 Å². The highest BCUT2D eigenvalue weighted by Gasteiger charge is 2.33. The molecule has 0 saturated carbocycles. The Hall–Kier alpha value is -3.84. The van der Waals surface area contributed by atoms with Crippen LogP contribution in [0.25, 0.3) is 27.9 Å². The van der Waals surface area contributed by atoms with Crippen LogP contribution in [0.2, 0.25) is 0 Å². The largest absolute Gasteiger partial charge is 0.490 e. The molecule has 0 amide bonds. The predicted octanol–water partition coefficient (Wildman–Crippen LogP) is 7.63. The predicted molar refractivity (Wildman–Crippen MR) is 171 cm³/mol. The van der Waals surface area contributed by atoms with Crippen LogP contribution in [0, 0.1) is 13.8 Å². The molecule has 4 aromatic rings. The van der Waals surface area contributed by atoms with E-state index in [2.05, 4.69) is 74.2 Å². The summed E-state index contributed by atoms with van der Waals surface area (Å²) >= 11 is 0. The zero-order valence-electron chi connectivity index (χ0n) is 25.9. The van der Waals surface area contributed by atoms with Gasteiger partial charge in [-0.05, 0) is 101 Å². The molecule has 226 valence electrons. The number of fused-ring (bicyclic) bond motifs is 9. The van der Waals surface area contributed by atoms with Gasteiger partial charge in [0.15, 0.2) is 0 Å². The average Bonchev–Trinajstić information content (AvgIpc) is 3.40. The Kier molecular flexibility index (Phi) is 8.19. The van der Waals surface area contributed by atoms with E-state index >= 15 is 0 Å². The van der Waals surface area contributed by atoms with E-state index in [9.17, 15) is 9.90 Å². The molecule has 3 aliphatic heterocycles. The second kappa shape index (κ2) is 12.0. The van der Waals surface area contributed by atoms with E-state index < -0.39 is 5.97 Å². The van der Waals surface area contributed by atoms with Crippen LogP contribution in [0.5, 0.6) is 5.75 Å². The number of hydrogen-bond donors (Lipinski definition) is 1. The zero-order valence-corrected chi connectivity index (χ0v) is 25.9. The average molecular weight is 582 g/mol. The Labute approximate surface area is 254 Å². The summed E-state index contributed by atoms with van der Waals surface area (Å²) in [5, 5.41) is 14.9. The number of nitrogens with zero attached hydrogens (tertiary/aromatic N) is 3. The second-order valence-electron chi connectivity index (χ2n) is 12.7. The summed E-state index contributed by atoms with van der Waals surface area (Å²) in [6.45, 7) is 10.9. The maximum atomic E-state index is 12.0. The first-order valence-corrected chi connectivity index (χ1v) is 15.7. The summed E-state index contributed by atoms with van der Waals surface area (Å²) in [4.78, 5) is 14.4. The molecule has 0 radical (unpaired) electrons. The van der Waals surface area contributed by atoms with Gasteiger partial charge < -0.3 is 19.5 Å². The molecule has 0 spiro atoms. The van der Waals surface area contributed by atoms with Crippen LogP contribution in [-0.4, -0.2) is 52.1 Å². The maximum absolute atomic E-state index is 12.0. The number of anilines is 1. The molecule has 3 aliphatic rings. The van der Waals surface area contributed by atoms with Gasteiger partial charge >= 0.3 is 5.97 Å². The highest BCUT2D eigenvalue weighted by atomic mass is 16.5. The van der Waals surface area contributed by atoms with E-state index in [1.165, 1.54) is 5.56 Å². The van der Waals surface area contributed by atoms with Crippen LogP contribution < -0.4 is 9.64 Å². The van der Waals surface area contributed by atoms with Gasteiger partial charge in [-0.15, -0.1) is 0 Å². The van der Waals surface area contributed by atoms with Crippen molar-refractivity contribution in [2.75, 3.05) is 24.6 Å². The number of carboxylic acids is 1. The summed E-state index contributed by atoms with van der Waals surface area (Å²) in [6, 6.07) is 17.0. The number of carbonyl (C=O) groups is 1. The number of carboxylic acid groups (broad SMARTS) is 1. The summed E-state index contributed by atoms with van der Waals surface area (Å²) in [6.07, 6.45) is 8.10. The Morgan fingerprint density at radius 1 is 1.05 bits per heavy atom. The van der Waals surface area contributed by atoms with Crippen molar-refractivity contribution in [2.45, 2.75) is 84.3 Å². The van der Waals surface area contributed by atoms with Crippen LogP contribution in [0.1, 0.15) is 69.1 Å². The number of benzene rings is 2. The molecule has 43 heavy (non-hydrogen) atoms. The Morgan fingerprint density at radius 3 is 2.63 bits per heavy atom. The summed E-state index contributed by atoms with van der Waals surface area (Å²) in [5.74, 6) is 0.0715. The first kappa shape index (κ1) is 29.2. The summed E-state index contributed by atoms with van der Waals surface area (Å²) in [5.41, 5.74) is 8.75. The van der Waals surface area contributed by atoms with Gasteiger partial charge in [0.1, 0.15) is 5.75 Å². The molecule has 1 saturated heterocycles. The van der Waals surface area contributed by atoms with Crippen LogP contribution in [-0.2, 0) is 16.0 Å². The second-order valence-corrected chi connectivity index (χ2v) is 12.7. The molecule has 5 heterocycles. The monoisotopic (exact) mass is 581 g/mol. The normalized spacial score (nSPS) is 21.3. The van der Waals surface area contributed by atoms with E-state index in [4.69, 9.17) is 14.6 Å². The van der Waals surface area contributed by atoms with Crippen LogP contribution in [0.3, 0.4) is 0 Å². The number of aliphatic carboxylic acids is 1. The molecule has 0 aliphatic carbocycles. The lowest BCUT2D eigenvalue weighted by Gasteiger charge is -2.41. The highest BCUT2D eigenvalue weighted by molar-refractivity contribution is 5.86. The fourth-order valence-corrected chi connectivity index (χ4v) is 6.61. The van der Waals surface area contributed by atoms with Crippen LogP contribution in [0.15, 0.2) is 54.7 Å². The Morgan fingerprint density at radius 2 is 1.84 bits per heavy atom. The lowest BCUT2D eigenvalue weighted by Crippen LogP contribution is -2.45. The molecule has 1 fully saturated rings. The molecule has 2 aromatic carbocycles. The quantitative estimate of drug-likeness (QED) is 0.262. The molecule has 1 unspecified atom stereocenters. The molecular weight excluding hydrogens is 538 g/mol. The van der Waals surface area contributed by atoms with Gasteiger partial charge in [0.2, 0.25) is 0 Å². The van der Waals surface area contributed by atoms with Crippen molar-refractivity contribution in [2.24, 2.45) is 0 Å². The summed E-state index contributed by atoms with van der Waals surface area (Å²) in [7, 11) is 0. The molecule has 6 bridgehead atoms. The minimum atomic E-state index is -0.825. The fourth-order valence-electron chi connectivity index (χ4n) is 6.61. The molecule has 7 nitrogen and oxygen atoms in total. The first-order chi connectivity index (χ1) is 20.7. The van der Waals surface area contributed by atoms with E-state index in [0.29, 0.717) is 0 Å². The van der Waals surface area contributed by atoms with Gasteiger partial charge in [0, 0.05) is 37.0 Å². The van der Waals surface area contributed by atoms with Crippen molar-refractivity contribution in [3.63, 3.8) is 0 Å². The molecule has 2 aromatic heterocycles. The fraction of sp³-hybridized carbons (Fsp3) is 0.444. The molecule has 1 N–H and O–H groups in total. The van der Waals surface area contributed by atoms with Crippen molar-refractivity contribution in [1.29, 1.82) is 0 Å². The number of aromatic nitrogens is 2. The van der Waals surface area contributed by atoms with Gasteiger partial charge in [-0.2, -0.15) is 5.10 Å². The zero-order chi connectivity index (χ0) is 30.1. The van der Waals surface area contributed by atoms with Gasteiger partial charge in [-0.3, -0.25) is 4.79 Å². The summed E-state index contributed by atoms with van der Waals surface area (Å²) < 4.78 is 14.9. The Balaban J connectivity index is 1.48. The number of aryl methyl sites for hydroxylation is 2. The molecule has 1 atom stereocenters. The number of hydrogen-bond acceptors (Lipinski definition) is 5. The topological polar surface area (TPSA) is 76.3 Å². The van der Waals surface area contributed by atoms with Crippen molar-refractivity contribution >= 4 is 17.2 Å². The maximum Gasteiger partial charge on any atom is 0.307 e. The van der Waals surface area contributed by atoms with E-state index in [1.807, 2.05) is 17.6 Å². The third-order valence-electron chi connectivity index (χ3n) is 9.16. The standard InChI is InChI=1S/C36H43N3O4/c1-24-12-13-33-30(19-24)27-10-8-11-28(20-27)31-22-32-35(29(21-34(40)41)25(2)23-39(32)37-31)38-16-14-36(4,15-17-38)42-18-7-5-6-9-26(3)43-33/h8,10-13,19-20,22-23,26H,5-7,9,14-18,21H2,1-4H3,(H,40,41). The minimum Gasteiger partial charge on any atom is -0.490 e. The van der Waals surface area contributed by atoms with Crippen molar-refractivity contribution in [3.05, 3.63) is 71.4 Å². The van der Waals surface area contributed by atoms with Gasteiger partial charge in [-0.25, -0.2) is 4.52 Å². The lowest BCUT2D eigenvalue weighted by atomic mass is 9.91. The number of rotatable bonds is 2. The lowest BCUT2D eigenvalue weighted by molar-refractivity contribution is -0.136. The minimum absolute atomic E-state index is 0.0213. The van der Waals surface area contributed by atoms with E-state index in [1.54, 1.807) is 0 Å². The third-order valence-corrected chi connectivity index (χ3v) is 9.16. The number of ether oxygens (including phenoxy) is 2. The van der Waals surface area contributed by atoms with Gasteiger partial charge in [0.25, 0.3) is 0 Å². The smallest absolute Gasteiger partial charge is 0.307 e. The highest BCUT2D eigenvalue weighted by Crippen LogP contribution is 2.38. The number of piperidine rings is 1. The first-order valence-electron chi connectivity index (χ1n) is 15.7. The molecular formula is C36H43N3O4. The van der Waals surface area contributed by atoms with Crippen molar-refractivity contribution < 1.29 is 19.4 Å². The van der Waals surface area contributed by atoms with Crippen LogP contribution >= 0.6 is 0 Å². The van der Waals surface area contributed by atoms with Crippen molar-refractivity contribution in [1.82, 2.24) is 9.61 Å². The van der Waals surface area contributed by atoms with E-state index in [-0.39, 0.29) is 18.1 Å². The number of pyridine rings is 1. The Bertz CT molecular complexity index is 1630. The van der Waals surface area contributed by atoms with Crippen LogP contribution in [0.4, 0.5) is 5.69 Å². The SMILES string of the molecule is Cc1ccc2c(c1)-c1cccc(c1)-c1cc3c(c(CC(=O)O)c(C)cn3n1)N1CCC(C)(CC1)OCCCCCC(C)O2. The third kappa shape index (κ3) is 6.28. The van der Waals surface area contributed by atoms with E-state index in [0.717, 1.165) is 109 Å². The van der Waals surface area contributed by atoms with Gasteiger partial charge in [0.05, 0.1) is 35.0 Å². The molecule has 7 rings (SSSR count). The van der Waals surface area contributed by atoms with Crippen molar-refractivity contribution in [3.8, 4) is 28.1 Å².